The molecule has 122 valence electrons. The number of aromatic nitrogens is 2. The summed E-state index contributed by atoms with van der Waals surface area (Å²) in [7, 11) is 0. The first-order chi connectivity index (χ1) is 12.9. The Hall–Kier alpha value is -3.59. The van der Waals surface area contributed by atoms with Gasteiger partial charge in [-0.05, 0) is 42.5 Å². The van der Waals surface area contributed by atoms with Gasteiger partial charge in [0.2, 0.25) is 0 Å². The number of benzene rings is 3. The van der Waals surface area contributed by atoms with E-state index >= 15 is 0 Å². The maximum atomic E-state index is 5.65. The molecule has 0 N–H and O–H groups in total. The van der Waals surface area contributed by atoms with Crippen LogP contribution in [0.4, 0.5) is 0 Å². The molecule has 0 atom stereocenters. The predicted molar refractivity (Wildman–Crippen MR) is 106 cm³/mol. The number of para-hydroxylation sites is 2. The van der Waals surface area contributed by atoms with E-state index in [1.807, 2.05) is 24.3 Å². The number of hydrogen-bond donors (Lipinski definition) is 0. The quantitative estimate of drug-likeness (QED) is 0.365. The summed E-state index contributed by atoms with van der Waals surface area (Å²) in [5, 5.41) is 4.68. The van der Waals surface area contributed by atoms with Crippen molar-refractivity contribution >= 4 is 43.7 Å². The zero-order valence-corrected chi connectivity index (χ0v) is 13.9. The van der Waals surface area contributed by atoms with Gasteiger partial charge in [-0.3, -0.25) is 4.57 Å². The van der Waals surface area contributed by atoms with Gasteiger partial charge in [0.1, 0.15) is 11.4 Å². The van der Waals surface area contributed by atoms with E-state index in [-0.39, 0.29) is 0 Å². The highest BCUT2D eigenvalue weighted by Crippen LogP contribution is 2.36. The molecule has 6 rings (SSSR count). The zero-order chi connectivity index (χ0) is 17.1. The molecule has 0 unspecified atom stereocenters. The lowest BCUT2D eigenvalue weighted by Crippen LogP contribution is -1.97. The van der Waals surface area contributed by atoms with Gasteiger partial charge in [0, 0.05) is 21.5 Å². The lowest BCUT2D eigenvalue weighted by Gasteiger charge is -2.08. The van der Waals surface area contributed by atoms with Gasteiger partial charge in [0.05, 0.1) is 22.8 Å². The van der Waals surface area contributed by atoms with E-state index < -0.39 is 0 Å². The van der Waals surface area contributed by atoms with Crippen LogP contribution in [-0.4, -0.2) is 9.55 Å². The van der Waals surface area contributed by atoms with E-state index in [0.29, 0.717) is 0 Å². The Morgan fingerprint density at radius 3 is 2.58 bits per heavy atom. The third kappa shape index (κ3) is 1.74. The molecular weight excluding hydrogens is 320 g/mol. The van der Waals surface area contributed by atoms with Gasteiger partial charge >= 0.3 is 0 Å². The summed E-state index contributed by atoms with van der Waals surface area (Å²) in [4.78, 5) is 4.94. The van der Waals surface area contributed by atoms with Crippen molar-refractivity contribution in [3.05, 3.63) is 85.1 Å². The predicted octanol–water partition coefficient (Wildman–Crippen LogP) is 6.08. The minimum Gasteiger partial charge on any atom is -0.464 e. The third-order valence-corrected chi connectivity index (χ3v) is 5.08. The lowest BCUT2D eigenvalue weighted by molar-refractivity contribution is 0.616. The highest BCUT2D eigenvalue weighted by Gasteiger charge is 2.16. The summed E-state index contributed by atoms with van der Waals surface area (Å²) in [6.07, 6.45) is 1.75. The van der Waals surface area contributed by atoms with Crippen molar-refractivity contribution in [3.63, 3.8) is 0 Å². The van der Waals surface area contributed by atoms with Crippen LogP contribution in [0.1, 0.15) is 0 Å². The summed E-state index contributed by atoms with van der Waals surface area (Å²) in [5.41, 5.74) is 4.18. The fraction of sp³-hybridized carbons (Fsp3) is 0. The van der Waals surface area contributed by atoms with Crippen LogP contribution < -0.4 is 0 Å². The molecule has 0 saturated heterocycles. The number of nitrogens with zero attached hydrogens (tertiary/aromatic N) is 2. The van der Waals surface area contributed by atoms with E-state index in [1.54, 1.807) is 6.26 Å². The molecule has 26 heavy (non-hydrogen) atoms. The fourth-order valence-electron chi connectivity index (χ4n) is 3.92. The summed E-state index contributed by atoms with van der Waals surface area (Å²) >= 11 is 0. The molecule has 0 fully saturated rings. The van der Waals surface area contributed by atoms with Gasteiger partial charge in [-0.1, -0.05) is 36.4 Å². The van der Waals surface area contributed by atoms with E-state index in [2.05, 4.69) is 59.2 Å². The summed E-state index contributed by atoms with van der Waals surface area (Å²) in [6, 6.07) is 27.1. The third-order valence-electron chi connectivity index (χ3n) is 5.08. The molecule has 0 aliphatic heterocycles. The second-order valence-electron chi connectivity index (χ2n) is 6.51. The maximum Gasteiger partial charge on any atom is 0.138 e. The molecule has 0 spiro atoms. The van der Waals surface area contributed by atoms with Crippen molar-refractivity contribution in [1.82, 2.24) is 9.55 Å². The molecule has 0 aliphatic rings. The molecule has 0 aliphatic carbocycles. The molecule has 0 bridgehead atoms. The Labute approximate surface area is 149 Å². The molecule has 3 aromatic carbocycles. The van der Waals surface area contributed by atoms with Gasteiger partial charge in [-0.25, -0.2) is 4.98 Å². The molecule has 3 aromatic heterocycles. The van der Waals surface area contributed by atoms with E-state index in [9.17, 15) is 0 Å². The van der Waals surface area contributed by atoms with Gasteiger partial charge in [0.25, 0.3) is 0 Å². The van der Waals surface area contributed by atoms with Crippen LogP contribution in [0.2, 0.25) is 0 Å². The maximum absolute atomic E-state index is 5.65. The number of hydrogen-bond acceptors (Lipinski definition) is 2. The Kier molecular flexibility index (Phi) is 2.61. The lowest BCUT2D eigenvalue weighted by atomic mass is 10.1. The Morgan fingerprint density at radius 2 is 1.58 bits per heavy atom. The van der Waals surface area contributed by atoms with Gasteiger partial charge in [-0.15, -0.1) is 0 Å². The number of furan rings is 1. The minimum atomic E-state index is 0.891. The van der Waals surface area contributed by atoms with Crippen LogP contribution in [0, 0.1) is 0 Å². The van der Waals surface area contributed by atoms with Gasteiger partial charge in [-0.2, -0.15) is 0 Å². The number of rotatable bonds is 1. The van der Waals surface area contributed by atoms with Crippen molar-refractivity contribution in [3.8, 4) is 5.82 Å². The van der Waals surface area contributed by atoms with Crippen molar-refractivity contribution < 1.29 is 4.42 Å². The largest absolute Gasteiger partial charge is 0.464 e. The van der Waals surface area contributed by atoms with Crippen LogP contribution >= 0.6 is 0 Å². The second-order valence-corrected chi connectivity index (χ2v) is 6.51. The monoisotopic (exact) mass is 334 g/mol. The smallest absolute Gasteiger partial charge is 0.138 e. The average Bonchev–Trinajstić information content (AvgIpc) is 3.30. The van der Waals surface area contributed by atoms with Crippen molar-refractivity contribution in [2.45, 2.75) is 0 Å². The summed E-state index contributed by atoms with van der Waals surface area (Å²) < 4.78 is 7.89. The van der Waals surface area contributed by atoms with Crippen molar-refractivity contribution in [2.24, 2.45) is 0 Å². The van der Waals surface area contributed by atoms with Crippen LogP contribution in [0.3, 0.4) is 0 Å². The van der Waals surface area contributed by atoms with Crippen LogP contribution in [-0.2, 0) is 0 Å². The van der Waals surface area contributed by atoms with Crippen LogP contribution in [0.25, 0.3) is 49.5 Å². The molecular formula is C23H14N2O. The summed E-state index contributed by atoms with van der Waals surface area (Å²) in [5.74, 6) is 0.920. The SMILES string of the molecule is c1ccc2nc(-n3c4ccccc4c4ccc5occc5c43)ccc2c1. The molecule has 3 heterocycles. The number of fused-ring (bicyclic) bond motifs is 6. The topological polar surface area (TPSA) is 31.0 Å². The Morgan fingerprint density at radius 1 is 0.692 bits per heavy atom. The van der Waals surface area contributed by atoms with Crippen LogP contribution in [0.15, 0.2) is 89.5 Å². The normalized spacial score (nSPS) is 11.8. The first-order valence-corrected chi connectivity index (χ1v) is 8.66. The molecule has 3 nitrogen and oxygen atoms in total. The molecule has 3 heteroatoms. The van der Waals surface area contributed by atoms with E-state index in [0.717, 1.165) is 38.7 Å². The first kappa shape index (κ1) is 13.7. The highest BCUT2D eigenvalue weighted by atomic mass is 16.3. The minimum absolute atomic E-state index is 0.891. The Bertz CT molecular complexity index is 1440. The van der Waals surface area contributed by atoms with Gasteiger partial charge in [0.15, 0.2) is 0 Å². The highest BCUT2D eigenvalue weighted by molar-refractivity contribution is 6.17. The molecule has 0 radical (unpaired) electrons. The van der Waals surface area contributed by atoms with Crippen molar-refractivity contribution in [2.75, 3.05) is 0 Å². The van der Waals surface area contributed by atoms with E-state index in [1.165, 1.54) is 10.8 Å². The average molecular weight is 334 g/mol. The Balaban J connectivity index is 1.84. The van der Waals surface area contributed by atoms with Gasteiger partial charge < -0.3 is 4.42 Å². The van der Waals surface area contributed by atoms with Crippen molar-refractivity contribution in [1.29, 1.82) is 0 Å². The number of pyridine rings is 1. The molecule has 6 aromatic rings. The second kappa shape index (κ2) is 4.96. The fourth-order valence-corrected chi connectivity index (χ4v) is 3.92. The molecule has 0 saturated carbocycles. The standard InChI is InChI=1S/C23H14N2O/c1-3-7-19-15(5-1)9-12-22(24-19)25-20-8-4-2-6-16(20)17-10-11-21-18(23(17)25)13-14-26-21/h1-14H. The van der Waals surface area contributed by atoms with E-state index in [4.69, 9.17) is 9.40 Å². The van der Waals surface area contributed by atoms with Crippen LogP contribution in [0.5, 0.6) is 0 Å². The first-order valence-electron chi connectivity index (χ1n) is 8.66. The zero-order valence-electron chi connectivity index (χ0n) is 13.9. The molecule has 0 amide bonds. The summed E-state index contributed by atoms with van der Waals surface area (Å²) in [6.45, 7) is 0.